The molecule has 2 nitrogen and oxygen atoms in total. The van der Waals surface area contributed by atoms with E-state index in [2.05, 4.69) is 24.3 Å². The zero-order valence-corrected chi connectivity index (χ0v) is 9.60. The lowest BCUT2D eigenvalue weighted by molar-refractivity contribution is 0.207. The van der Waals surface area contributed by atoms with Gasteiger partial charge in [-0.3, -0.25) is 0 Å². The van der Waals surface area contributed by atoms with E-state index in [4.69, 9.17) is 10.5 Å². The Balaban J connectivity index is 1.81. The van der Waals surface area contributed by atoms with Gasteiger partial charge in [0.15, 0.2) is 0 Å². The second kappa shape index (κ2) is 4.13. The first kappa shape index (κ1) is 10.2. The topological polar surface area (TPSA) is 35.2 Å². The highest BCUT2D eigenvalue weighted by molar-refractivity contribution is 5.42. The normalized spacial score (nSPS) is 17.8. The Morgan fingerprint density at radius 1 is 1.00 bits per heavy atom. The molecule has 0 radical (unpaired) electrons. The van der Waals surface area contributed by atoms with E-state index in [-0.39, 0.29) is 6.10 Å². The molecule has 0 amide bonds. The highest BCUT2D eigenvalue weighted by atomic mass is 16.5. The first-order valence-electron chi connectivity index (χ1n) is 5.93. The Morgan fingerprint density at radius 3 is 2.59 bits per heavy atom. The van der Waals surface area contributed by atoms with Gasteiger partial charge in [-0.25, -0.2) is 0 Å². The highest BCUT2D eigenvalue weighted by Gasteiger charge is 2.23. The number of hydrogen-bond acceptors (Lipinski definition) is 2. The molecule has 17 heavy (non-hydrogen) atoms. The summed E-state index contributed by atoms with van der Waals surface area (Å²) in [5.74, 6) is 0.890. The van der Waals surface area contributed by atoms with Crippen LogP contribution < -0.4 is 10.5 Å². The lowest BCUT2D eigenvalue weighted by Gasteiger charge is -2.14. The van der Waals surface area contributed by atoms with Crippen molar-refractivity contribution in [2.24, 2.45) is 0 Å². The minimum Gasteiger partial charge on any atom is -0.486 e. The van der Waals surface area contributed by atoms with Crippen molar-refractivity contribution in [2.45, 2.75) is 18.9 Å². The lowest BCUT2D eigenvalue weighted by atomic mass is 10.1. The van der Waals surface area contributed by atoms with Crippen LogP contribution in [-0.4, -0.2) is 0 Å². The van der Waals surface area contributed by atoms with Gasteiger partial charge >= 0.3 is 0 Å². The summed E-state index contributed by atoms with van der Waals surface area (Å²) in [6.45, 7) is 0. The van der Waals surface area contributed by atoms with Gasteiger partial charge in [-0.1, -0.05) is 24.3 Å². The van der Waals surface area contributed by atoms with Crippen LogP contribution in [0.1, 0.15) is 23.7 Å². The first-order valence-corrected chi connectivity index (χ1v) is 5.93. The van der Waals surface area contributed by atoms with E-state index >= 15 is 0 Å². The van der Waals surface area contributed by atoms with Crippen molar-refractivity contribution in [1.29, 1.82) is 0 Å². The molecule has 0 saturated heterocycles. The third kappa shape index (κ3) is 1.98. The largest absolute Gasteiger partial charge is 0.486 e. The van der Waals surface area contributed by atoms with Gasteiger partial charge in [0.2, 0.25) is 0 Å². The second-order valence-corrected chi connectivity index (χ2v) is 4.41. The van der Waals surface area contributed by atoms with Crippen molar-refractivity contribution in [3.8, 4) is 5.75 Å². The van der Waals surface area contributed by atoms with Gasteiger partial charge in [0.1, 0.15) is 11.9 Å². The van der Waals surface area contributed by atoms with E-state index in [1.165, 1.54) is 11.1 Å². The quantitative estimate of drug-likeness (QED) is 0.795. The Morgan fingerprint density at radius 2 is 1.76 bits per heavy atom. The number of rotatable bonds is 2. The van der Waals surface area contributed by atoms with Crippen LogP contribution in [0.2, 0.25) is 0 Å². The van der Waals surface area contributed by atoms with Crippen LogP contribution in [-0.2, 0) is 6.42 Å². The third-order valence-corrected chi connectivity index (χ3v) is 3.24. The molecule has 0 heterocycles. The Kier molecular flexibility index (Phi) is 2.48. The second-order valence-electron chi connectivity index (χ2n) is 4.41. The van der Waals surface area contributed by atoms with Crippen molar-refractivity contribution in [2.75, 3.05) is 5.73 Å². The van der Waals surface area contributed by atoms with Crippen LogP contribution in [0.3, 0.4) is 0 Å². The molecule has 86 valence electrons. The average molecular weight is 225 g/mol. The third-order valence-electron chi connectivity index (χ3n) is 3.24. The molecule has 0 unspecified atom stereocenters. The molecule has 0 aliphatic heterocycles. The van der Waals surface area contributed by atoms with Crippen LogP contribution in [0.5, 0.6) is 5.75 Å². The number of nitrogens with two attached hydrogens (primary N) is 1. The molecule has 2 heteroatoms. The maximum Gasteiger partial charge on any atom is 0.124 e. The fraction of sp³-hybridized carbons (Fsp3) is 0.200. The molecule has 2 aromatic carbocycles. The highest BCUT2D eigenvalue weighted by Crippen LogP contribution is 2.34. The molecule has 2 N–H and O–H groups in total. The predicted molar refractivity (Wildman–Crippen MR) is 69.0 cm³/mol. The van der Waals surface area contributed by atoms with Gasteiger partial charge < -0.3 is 10.5 Å². The zero-order chi connectivity index (χ0) is 11.7. The van der Waals surface area contributed by atoms with Gasteiger partial charge in [0.05, 0.1) is 0 Å². The van der Waals surface area contributed by atoms with Gasteiger partial charge in [0, 0.05) is 5.69 Å². The van der Waals surface area contributed by atoms with Crippen molar-refractivity contribution >= 4 is 5.69 Å². The van der Waals surface area contributed by atoms with Crippen molar-refractivity contribution in [1.82, 2.24) is 0 Å². The van der Waals surface area contributed by atoms with Crippen molar-refractivity contribution in [3.63, 3.8) is 0 Å². The SMILES string of the molecule is Nc1ccc(O[C@H]2CCc3ccccc32)cc1. The van der Waals surface area contributed by atoms with Crippen LogP contribution in [0.4, 0.5) is 5.69 Å². The minimum absolute atomic E-state index is 0.190. The van der Waals surface area contributed by atoms with Gasteiger partial charge in [-0.05, 0) is 48.2 Å². The molecule has 0 aromatic heterocycles. The monoisotopic (exact) mass is 225 g/mol. The molecule has 1 aliphatic rings. The molecule has 1 aliphatic carbocycles. The molecular weight excluding hydrogens is 210 g/mol. The van der Waals surface area contributed by atoms with Gasteiger partial charge in [-0.2, -0.15) is 0 Å². The molecular formula is C15H15NO. The summed E-state index contributed by atoms with van der Waals surface area (Å²) in [7, 11) is 0. The molecule has 2 aromatic rings. The Bertz CT molecular complexity index is 519. The van der Waals surface area contributed by atoms with Crippen LogP contribution in [0.15, 0.2) is 48.5 Å². The molecule has 0 fully saturated rings. The Hall–Kier alpha value is -1.96. The van der Waals surface area contributed by atoms with E-state index in [1.807, 2.05) is 24.3 Å². The Labute approximate surface area is 101 Å². The fourth-order valence-corrected chi connectivity index (χ4v) is 2.35. The summed E-state index contributed by atoms with van der Waals surface area (Å²) in [5, 5.41) is 0. The first-order chi connectivity index (χ1) is 8.33. The number of nitrogen functional groups attached to an aromatic ring is 1. The van der Waals surface area contributed by atoms with Crippen molar-refractivity contribution in [3.05, 3.63) is 59.7 Å². The average Bonchev–Trinajstić information content (AvgIpc) is 2.76. The number of aryl methyl sites for hydroxylation is 1. The molecule has 0 saturated carbocycles. The van der Waals surface area contributed by atoms with E-state index < -0.39 is 0 Å². The molecule has 3 rings (SSSR count). The molecule has 0 bridgehead atoms. The minimum atomic E-state index is 0.190. The smallest absolute Gasteiger partial charge is 0.124 e. The van der Waals surface area contributed by atoms with E-state index in [0.29, 0.717) is 0 Å². The standard InChI is InChI=1S/C15H15NO/c16-12-6-8-13(9-7-12)17-15-10-5-11-3-1-2-4-14(11)15/h1-4,6-9,15H,5,10,16H2/t15-/m0/s1. The van der Waals surface area contributed by atoms with E-state index in [0.717, 1.165) is 24.3 Å². The summed E-state index contributed by atoms with van der Waals surface area (Å²) in [5.41, 5.74) is 9.16. The number of anilines is 1. The lowest BCUT2D eigenvalue weighted by Crippen LogP contribution is -2.03. The number of hydrogen-bond donors (Lipinski definition) is 1. The maximum absolute atomic E-state index is 6.00. The maximum atomic E-state index is 6.00. The van der Waals surface area contributed by atoms with Gasteiger partial charge in [-0.15, -0.1) is 0 Å². The van der Waals surface area contributed by atoms with Crippen LogP contribution in [0, 0.1) is 0 Å². The molecule has 1 atom stereocenters. The summed E-state index contributed by atoms with van der Waals surface area (Å²) in [6.07, 6.45) is 2.36. The molecule has 0 spiro atoms. The van der Waals surface area contributed by atoms with E-state index in [9.17, 15) is 0 Å². The number of benzene rings is 2. The van der Waals surface area contributed by atoms with Crippen molar-refractivity contribution < 1.29 is 4.74 Å². The summed E-state index contributed by atoms with van der Waals surface area (Å²) in [4.78, 5) is 0. The fourth-order valence-electron chi connectivity index (χ4n) is 2.35. The van der Waals surface area contributed by atoms with Crippen LogP contribution >= 0.6 is 0 Å². The number of ether oxygens (including phenoxy) is 1. The summed E-state index contributed by atoms with van der Waals surface area (Å²) < 4.78 is 6.00. The predicted octanol–water partition coefficient (Wildman–Crippen LogP) is 3.34. The van der Waals surface area contributed by atoms with E-state index in [1.54, 1.807) is 0 Å². The van der Waals surface area contributed by atoms with Crippen LogP contribution in [0.25, 0.3) is 0 Å². The zero-order valence-electron chi connectivity index (χ0n) is 9.60. The summed E-state index contributed by atoms with van der Waals surface area (Å²) >= 11 is 0. The summed E-state index contributed by atoms with van der Waals surface area (Å²) in [6, 6.07) is 16.1. The van der Waals surface area contributed by atoms with Gasteiger partial charge in [0.25, 0.3) is 0 Å². The number of fused-ring (bicyclic) bond motifs is 1.